The van der Waals surface area contributed by atoms with E-state index < -0.39 is 0 Å². The van der Waals surface area contributed by atoms with Crippen LogP contribution in [0.3, 0.4) is 0 Å². The number of benzene rings is 1. The number of para-hydroxylation sites is 1. The molecular formula is C15H22N2O. The van der Waals surface area contributed by atoms with Gasteiger partial charge in [-0.25, -0.2) is 0 Å². The first-order chi connectivity index (χ1) is 8.77. The van der Waals surface area contributed by atoms with Crippen LogP contribution in [-0.4, -0.2) is 12.4 Å². The van der Waals surface area contributed by atoms with Crippen LogP contribution in [0, 0.1) is 11.3 Å². The van der Waals surface area contributed by atoms with E-state index >= 15 is 0 Å². The summed E-state index contributed by atoms with van der Waals surface area (Å²) in [7, 11) is 0. The van der Waals surface area contributed by atoms with Crippen molar-refractivity contribution < 1.29 is 4.74 Å². The largest absolute Gasteiger partial charge is 0.493 e. The molecule has 0 amide bonds. The predicted molar refractivity (Wildman–Crippen MR) is 74.1 cm³/mol. The maximum atomic E-state index is 7.51. The molecule has 0 unspecified atom stereocenters. The predicted octanol–water partition coefficient (Wildman–Crippen LogP) is 3.32. The summed E-state index contributed by atoms with van der Waals surface area (Å²) in [5.41, 5.74) is 6.23. The molecule has 1 saturated carbocycles. The van der Waals surface area contributed by atoms with Crippen LogP contribution >= 0.6 is 0 Å². The summed E-state index contributed by atoms with van der Waals surface area (Å²) in [6.45, 7) is 0.731. The molecule has 0 aromatic heterocycles. The highest BCUT2D eigenvalue weighted by Crippen LogP contribution is 2.26. The van der Waals surface area contributed by atoms with Gasteiger partial charge in [-0.15, -0.1) is 0 Å². The Bertz CT molecular complexity index is 397. The summed E-state index contributed by atoms with van der Waals surface area (Å²) in [6, 6.07) is 7.52. The minimum Gasteiger partial charge on any atom is -0.493 e. The Kier molecular flexibility index (Phi) is 4.62. The molecule has 1 aromatic rings. The first-order valence-electron chi connectivity index (χ1n) is 6.83. The van der Waals surface area contributed by atoms with Crippen LogP contribution in [0.1, 0.15) is 44.1 Å². The average molecular weight is 246 g/mol. The van der Waals surface area contributed by atoms with E-state index in [0.29, 0.717) is 5.56 Å². The zero-order valence-electron chi connectivity index (χ0n) is 10.8. The lowest BCUT2D eigenvalue weighted by atomic mass is 9.87. The fourth-order valence-electron chi connectivity index (χ4n) is 2.63. The first kappa shape index (κ1) is 12.9. The van der Waals surface area contributed by atoms with Gasteiger partial charge in [-0.3, -0.25) is 5.41 Å². The lowest BCUT2D eigenvalue weighted by Gasteiger charge is -2.21. The fraction of sp³-hybridized carbons (Fsp3) is 0.533. The topological polar surface area (TPSA) is 59.1 Å². The Balaban J connectivity index is 1.84. The van der Waals surface area contributed by atoms with Crippen LogP contribution in [0.5, 0.6) is 5.75 Å². The summed E-state index contributed by atoms with van der Waals surface area (Å²) in [5, 5.41) is 7.51. The normalized spacial score (nSPS) is 16.4. The van der Waals surface area contributed by atoms with Crippen molar-refractivity contribution in [1.29, 1.82) is 5.41 Å². The van der Waals surface area contributed by atoms with Crippen molar-refractivity contribution in [2.75, 3.05) is 6.61 Å². The number of hydrogen-bond donors (Lipinski definition) is 2. The molecule has 0 spiro atoms. The molecule has 0 radical (unpaired) electrons. The van der Waals surface area contributed by atoms with E-state index in [0.717, 1.165) is 24.7 Å². The Hall–Kier alpha value is -1.51. The van der Waals surface area contributed by atoms with Gasteiger partial charge in [-0.1, -0.05) is 44.2 Å². The van der Waals surface area contributed by atoms with E-state index in [1.165, 1.54) is 32.1 Å². The Labute approximate surface area is 109 Å². The molecule has 98 valence electrons. The second kappa shape index (κ2) is 6.43. The summed E-state index contributed by atoms with van der Waals surface area (Å²) < 4.78 is 5.78. The van der Waals surface area contributed by atoms with E-state index in [1.54, 1.807) is 0 Å². The molecule has 0 atom stereocenters. The number of nitrogen functional groups attached to an aromatic ring is 1. The van der Waals surface area contributed by atoms with Crippen molar-refractivity contribution in [1.82, 2.24) is 0 Å². The Morgan fingerprint density at radius 2 is 1.94 bits per heavy atom. The number of nitrogens with two attached hydrogens (primary N) is 1. The summed E-state index contributed by atoms with van der Waals surface area (Å²) in [6.07, 6.45) is 7.94. The first-order valence-corrected chi connectivity index (χ1v) is 6.83. The Morgan fingerprint density at radius 1 is 1.22 bits per heavy atom. The summed E-state index contributed by atoms with van der Waals surface area (Å²) in [4.78, 5) is 0. The quantitative estimate of drug-likeness (QED) is 0.618. The van der Waals surface area contributed by atoms with Crippen molar-refractivity contribution in [3.8, 4) is 5.75 Å². The van der Waals surface area contributed by atoms with Crippen LogP contribution < -0.4 is 10.5 Å². The summed E-state index contributed by atoms with van der Waals surface area (Å²) >= 11 is 0. The second-order valence-electron chi connectivity index (χ2n) is 5.05. The van der Waals surface area contributed by atoms with Gasteiger partial charge in [0.2, 0.25) is 0 Å². The van der Waals surface area contributed by atoms with Gasteiger partial charge >= 0.3 is 0 Å². The minimum atomic E-state index is 0.0725. The van der Waals surface area contributed by atoms with Crippen LogP contribution in [0.25, 0.3) is 0 Å². The third-order valence-corrected chi connectivity index (χ3v) is 3.69. The molecule has 3 nitrogen and oxygen atoms in total. The van der Waals surface area contributed by atoms with Gasteiger partial charge in [0.25, 0.3) is 0 Å². The molecule has 0 saturated heterocycles. The lowest BCUT2D eigenvalue weighted by molar-refractivity contribution is 0.246. The van der Waals surface area contributed by atoms with Crippen LogP contribution in [-0.2, 0) is 0 Å². The molecule has 1 fully saturated rings. The molecule has 1 aromatic carbocycles. The van der Waals surface area contributed by atoms with Gasteiger partial charge in [0.15, 0.2) is 0 Å². The molecule has 1 aliphatic carbocycles. The maximum absolute atomic E-state index is 7.51. The molecule has 0 heterocycles. The smallest absolute Gasteiger partial charge is 0.130 e. The van der Waals surface area contributed by atoms with Crippen LogP contribution in [0.15, 0.2) is 24.3 Å². The van der Waals surface area contributed by atoms with E-state index in [-0.39, 0.29) is 5.84 Å². The molecule has 18 heavy (non-hydrogen) atoms. The monoisotopic (exact) mass is 246 g/mol. The Morgan fingerprint density at radius 3 is 2.67 bits per heavy atom. The van der Waals surface area contributed by atoms with E-state index in [1.807, 2.05) is 24.3 Å². The molecule has 0 aliphatic heterocycles. The molecular weight excluding hydrogens is 224 g/mol. The van der Waals surface area contributed by atoms with E-state index in [2.05, 4.69) is 0 Å². The van der Waals surface area contributed by atoms with Crippen molar-refractivity contribution in [2.45, 2.75) is 38.5 Å². The minimum absolute atomic E-state index is 0.0725. The van der Waals surface area contributed by atoms with Gasteiger partial charge in [0.1, 0.15) is 11.6 Å². The second-order valence-corrected chi connectivity index (χ2v) is 5.05. The number of amidine groups is 1. The standard InChI is InChI=1S/C15H22N2O/c16-15(17)13-8-4-5-9-14(13)18-11-10-12-6-2-1-3-7-12/h4-5,8-9,12H,1-3,6-7,10-11H2,(H3,16,17). The van der Waals surface area contributed by atoms with Crippen LogP contribution in [0.2, 0.25) is 0 Å². The van der Waals surface area contributed by atoms with Crippen molar-refractivity contribution in [3.05, 3.63) is 29.8 Å². The highest BCUT2D eigenvalue weighted by molar-refractivity contribution is 5.97. The van der Waals surface area contributed by atoms with Crippen molar-refractivity contribution in [3.63, 3.8) is 0 Å². The molecule has 0 bridgehead atoms. The zero-order chi connectivity index (χ0) is 12.8. The van der Waals surface area contributed by atoms with E-state index in [4.69, 9.17) is 15.9 Å². The fourth-order valence-corrected chi connectivity index (χ4v) is 2.63. The van der Waals surface area contributed by atoms with Gasteiger partial charge in [-0.2, -0.15) is 0 Å². The van der Waals surface area contributed by atoms with E-state index in [9.17, 15) is 0 Å². The number of rotatable bonds is 5. The molecule has 3 N–H and O–H groups in total. The number of ether oxygens (including phenoxy) is 1. The highest BCUT2D eigenvalue weighted by Gasteiger charge is 2.13. The van der Waals surface area contributed by atoms with Crippen LogP contribution in [0.4, 0.5) is 0 Å². The average Bonchev–Trinajstić information content (AvgIpc) is 2.40. The maximum Gasteiger partial charge on any atom is 0.130 e. The molecule has 3 heteroatoms. The molecule has 2 rings (SSSR count). The number of hydrogen-bond acceptors (Lipinski definition) is 2. The lowest BCUT2D eigenvalue weighted by Crippen LogP contribution is -2.15. The summed E-state index contributed by atoms with van der Waals surface area (Å²) in [5.74, 6) is 1.63. The van der Waals surface area contributed by atoms with Gasteiger partial charge in [0.05, 0.1) is 12.2 Å². The van der Waals surface area contributed by atoms with Gasteiger partial charge < -0.3 is 10.5 Å². The highest BCUT2D eigenvalue weighted by atomic mass is 16.5. The van der Waals surface area contributed by atoms with Crippen molar-refractivity contribution in [2.24, 2.45) is 11.7 Å². The molecule has 1 aliphatic rings. The van der Waals surface area contributed by atoms with Crippen molar-refractivity contribution >= 4 is 5.84 Å². The number of nitrogens with one attached hydrogen (secondary N) is 1. The zero-order valence-corrected chi connectivity index (χ0v) is 10.8. The SMILES string of the molecule is N=C(N)c1ccccc1OCCC1CCCCC1. The van der Waals surface area contributed by atoms with Gasteiger partial charge in [0, 0.05) is 0 Å². The third kappa shape index (κ3) is 3.49. The van der Waals surface area contributed by atoms with Gasteiger partial charge in [-0.05, 0) is 24.5 Å². The third-order valence-electron chi connectivity index (χ3n) is 3.69.